The molecule has 0 aromatic rings. The lowest BCUT2D eigenvalue weighted by molar-refractivity contribution is -0.372. The van der Waals surface area contributed by atoms with E-state index in [1.165, 1.54) is 6.92 Å². The van der Waals surface area contributed by atoms with E-state index in [0.29, 0.717) is 0 Å². The second kappa shape index (κ2) is 7.05. The highest BCUT2D eigenvalue weighted by Crippen LogP contribution is 2.51. The van der Waals surface area contributed by atoms with Crippen LogP contribution in [-0.2, 0) is 14.3 Å². The number of rotatable bonds is 6. The van der Waals surface area contributed by atoms with Gasteiger partial charge < -0.3 is 5.11 Å². The maximum atomic E-state index is 12.9. The van der Waals surface area contributed by atoms with Gasteiger partial charge in [0, 0.05) is 0 Å². The summed E-state index contributed by atoms with van der Waals surface area (Å²) < 4.78 is 106. The first-order valence-electron chi connectivity index (χ1n) is 8.53. The third kappa shape index (κ3) is 4.55. The molecule has 1 N–H and O–H groups in total. The smallest absolute Gasteiger partial charge is 0.374 e. The monoisotopic (exact) mass is 428 g/mol. The second-order valence-electron chi connectivity index (χ2n) is 8.29. The summed E-state index contributed by atoms with van der Waals surface area (Å²) in [6, 6.07) is 0. The number of alkyl halides is 6. The molecule has 3 atom stereocenters. The Morgan fingerprint density at radius 3 is 1.81 bits per heavy atom. The minimum absolute atomic E-state index is 0.0658. The van der Waals surface area contributed by atoms with Crippen LogP contribution in [0.15, 0.2) is 0 Å². The standard InChI is InChI=1S/C16H26F6O4S/c1-6-11(13(5)9-12(3,4)26-27(13,24)25)7-10(2)8-14(23,15(17,18)19)16(20,21)22/h10-11,23H,6-9H2,1-5H3. The molecule has 0 aromatic heterocycles. The van der Waals surface area contributed by atoms with E-state index in [0.717, 1.165) is 6.92 Å². The van der Waals surface area contributed by atoms with Crippen molar-refractivity contribution in [1.82, 2.24) is 0 Å². The first kappa shape index (κ1) is 24.5. The number of halogens is 6. The summed E-state index contributed by atoms with van der Waals surface area (Å²) in [5.41, 5.74) is -5.86. The van der Waals surface area contributed by atoms with Crippen LogP contribution in [0, 0.1) is 11.8 Å². The molecule has 1 aliphatic rings. The lowest BCUT2D eigenvalue weighted by Gasteiger charge is -2.37. The summed E-state index contributed by atoms with van der Waals surface area (Å²) in [4.78, 5) is 0. The molecule has 4 nitrogen and oxygen atoms in total. The van der Waals surface area contributed by atoms with Crippen LogP contribution in [0.4, 0.5) is 26.3 Å². The first-order valence-corrected chi connectivity index (χ1v) is 9.94. The predicted octanol–water partition coefficient (Wildman–Crippen LogP) is 4.57. The predicted molar refractivity (Wildman–Crippen MR) is 86.3 cm³/mol. The Bertz CT molecular complexity index is 626. The van der Waals surface area contributed by atoms with Crippen molar-refractivity contribution in [2.24, 2.45) is 11.8 Å². The fourth-order valence-corrected chi connectivity index (χ4v) is 6.06. The maximum absolute atomic E-state index is 12.9. The Labute approximate surface area is 155 Å². The fraction of sp³-hybridized carbons (Fsp3) is 1.00. The van der Waals surface area contributed by atoms with Gasteiger partial charge in [0.1, 0.15) is 4.75 Å². The highest BCUT2D eigenvalue weighted by Gasteiger charge is 2.70. The lowest BCUT2D eigenvalue weighted by atomic mass is 9.76. The van der Waals surface area contributed by atoms with Gasteiger partial charge in [0.15, 0.2) is 0 Å². The zero-order valence-corrected chi connectivity index (χ0v) is 16.6. The average Bonchev–Trinajstić information content (AvgIpc) is 2.57. The van der Waals surface area contributed by atoms with E-state index in [-0.39, 0.29) is 19.3 Å². The first-order chi connectivity index (χ1) is 11.7. The molecule has 0 aromatic carbocycles. The van der Waals surface area contributed by atoms with Gasteiger partial charge in [-0.1, -0.05) is 20.3 Å². The molecule has 0 amide bonds. The van der Waals surface area contributed by atoms with Crippen molar-refractivity contribution in [3.05, 3.63) is 0 Å². The van der Waals surface area contributed by atoms with Crippen molar-refractivity contribution < 1.29 is 44.0 Å². The molecule has 27 heavy (non-hydrogen) atoms. The Kier molecular flexibility index (Phi) is 6.40. The minimum Gasteiger partial charge on any atom is -0.374 e. The summed E-state index contributed by atoms with van der Waals surface area (Å²) in [5, 5.41) is 9.36. The van der Waals surface area contributed by atoms with Gasteiger partial charge in [-0.3, -0.25) is 4.18 Å². The van der Waals surface area contributed by atoms with Crippen molar-refractivity contribution in [2.75, 3.05) is 0 Å². The van der Waals surface area contributed by atoms with Gasteiger partial charge in [0.25, 0.3) is 15.7 Å². The quantitative estimate of drug-likeness (QED) is 0.497. The molecule has 1 saturated heterocycles. The van der Waals surface area contributed by atoms with Crippen LogP contribution in [0.25, 0.3) is 0 Å². The van der Waals surface area contributed by atoms with E-state index in [2.05, 4.69) is 0 Å². The van der Waals surface area contributed by atoms with Crippen LogP contribution in [-0.4, -0.2) is 41.8 Å². The molecular weight excluding hydrogens is 402 g/mol. The summed E-state index contributed by atoms with van der Waals surface area (Å²) in [6.45, 7) is 7.26. The largest absolute Gasteiger partial charge is 0.426 e. The molecule has 0 bridgehead atoms. The molecule has 1 heterocycles. The van der Waals surface area contributed by atoms with E-state index >= 15 is 0 Å². The van der Waals surface area contributed by atoms with Gasteiger partial charge in [-0.2, -0.15) is 34.8 Å². The van der Waals surface area contributed by atoms with Gasteiger partial charge in [-0.25, -0.2) is 0 Å². The van der Waals surface area contributed by atoms with Gasteiger partial charge in [-0.05, 0) is 51.9 Å². The number of aliphatic hydroxyl groups is 1. The normalized spacial score (nSPS) is 28.1. The SMILES string of the molecule is CCC(CC(C)CC(O)(C(F)(F)F)C(F)(F)F)C1(C)CC(C)(C)OS1(=O)=O. The van der Waals surface area contributed by atoms with Crippen molar-refractivity contribution >= 4 is 10.1 Å². The van der Waals surface area contributed by atoms with E-state index in [1.54, 1.807) is 20.8 Å². The van der Waals surface area contributed by atoms with Crippen LogP contribution in [0.2, 0.25) is 0 Å². The van der Waals surface area contributed by atoms with Crippen LogP contribution < -0.4 is 0 Å². The Balaban J connectivity index is 3.11. The minimum atomic E-state index is -5.89. The lowest BCUT2D eigenvalue weighted by Crippen LogP contribution is -2.57. The van der Waals surface area contributed by atoms with Gasteiger partial charge in [-0.15, -0.1) is 0 Å². The molecule has 1 rings (SSSR count). The van der Waals surface area contributed by atoms with Gasteiger partial charge in [0.2, 0.25) is 0 Å². The Morgan fingerprint density at radius 2 is 1.52 bits per heavy atom. The third-order valence-corrected chi connectivity index (χ3v) is 7.60. The van der Waals surface area contributed by atoms with E-state index in [4.69, 9.17) is 4.18 Å². The molecule has 3 unspecified atom stereocenters. The molecule has 1 fully saturated rings. The average molecular weight is 428 g/mol. The van der Waals surface area contributed by atoms with Crippen molar-refractivity contribution in [2.45, 2.75) is 88.6 Å². The molecule has 0 spiro atoms. The summed E-state index contributed by atoms with van der Waals surface area (Å²) >= 11 is 0. The molecule has 11 heteroatoms. The molecular formula is C16H26F6O4S. The Morgan fingerprint density at radius 1 is 1.07 bits per heavy atom. The van der Waals surface area contributed by atoms with Crippen LogP contribution in [0.5, 0.6) is 0 Å². The highest BCUT2D eigenvalue weighted by molar-refractivity contribution is 7.88. The van der Waals surface area contributed by atoms with Crippen LogP contribution in [0.3, 0.4) is 0 Å². The Hall–Kier alpha value is -0.550. The topological polar surface area (TPSA) is 63.6 Å². The van der Waals surface area contributed by atoms with Crippen LogP contribution >= 0.6 is 0 Å². The van der Waals surface area contributed by atoms with E-state index in [1.807, 2.05) is 0 Å². The van der Waals surface area contributed by atoms with Crippen molar-refractivity contribution in [3.8, 4) is 0 Å². The fourth-order valence-electron chi connectivity index (χ4n) is 4.02. The summed E-state index contributed by atoms with van der Waals surface area (Å²) in [6.07, 6.45) is -13.3. The summed E-state index contributed by atoms with van der Waals surface area (Å²) in [5.74, 6) is -1.97. The molecule has 0 saturated carbocycles. The zero-order valence-electron chi connectivity index (χ0n) is 15.8. The maximum Gasteiger partial charge on any atom is 0.426 e. The highest BCUT2D eigenvalue weighted by atomic mass is 32.2. The van der Waals surface area contributed by atoms with E-state index in [9.17, 15) is 39.9 Å². The molecule has 0 radical (unpaired) electrons. The molecule has 0 aliphatic carbocycles. The molecule has 1 aliphatic heterocycles. The van der Waals surface area contributed by atoms with Gasteiger partial charge in [0.05, 0.1) is 5.60 Å². The van der Waals surface area contributed by atoms with E-state index < -0.39 is 56.7 Å². The van der Waals surface area contributed by atoms with Gasteiger partial charge >= 0.3 is 12.4 Å². The second-order valence-corrected chi connectivity index (χ2v) is 10.3. The van der Waals surface area contributed by atoms with Crippen molar-refractivity contribution in [1.29, 1.82) is 0 Å². The summed E-state index contributed by atoms with van der Waals surface area (Å²) in [7, 11) is -4.06. The number of hydrogen-bond donors (Lipinski definition) is 1. The van der Waals surface area contributed by atoms with Crippen LogP contribution in [0.1, 0.15) is 60.3 Å². The number of hydrogen-bond acceptors (Lipinski definition) is 4. The molecule has 162 valence electrons. The third-order valence-electron chi connectivity index (χ3n) is 5.31. The van der Waals surface area contributed by atoms with Crippen molar-refractivity contribution in [3.63, 3.8) is 0 Å². The zero-order chi connectivity index (χ0) is 21.7.